The van der Waals surface area contributed by atoms with E-state index in [-0.39, 0.29) is 5.82 Å². The first kappa shape index (κ1) is 13.1. The number of hydrogen-bond acceptors (Lipinski definition) is 3. The number of fused-ring (bicyclic) bond motifs is 1. The van der Waals surface area contributed by atoms with Gasteiger partial charge in [-0.05, 0) is 24.3 Å². The second kappa shape index (κ2) is 5.59. The Kier molecular flexibility index (Phi) is 3.65. The lowest BCUT2D eigenvalue weighted by atomic mass is 10.1. The Hall–Kier alpha value is -1.94. The van der Waals surface area contributed by atoms with E-state index in [1.54, 1.807) is 0 Å². The molecule has 0 aromatic heterocycles. The second-order valence-electron chi connectivity index (χ2n) is 4.42. The van der Waals surface area contributed by atoms with Crippen molar-refractivity contribution in [2.75, 3.05) is 18.5 Å². The highest BCUT2D eigenvalue weighted by Crippen LogP contribution is 2.34. The maximum absolute atomic E-state index is 13.2. The molecule has 1 N–H and O–H groups in total. The van der Waals surface area contributed by atoms with Crippen LogP contribution in [0.25, 0.3) is 0 Å². The summed E-state index contributed by atoms with van der Waals surface area (Å²) in [6, 6.07) is 9.93. The number of rotatable bonds is 3. The van der Waals surface area contributed by atoms with Crippen LogP contribution in [0.5, 0.6) is 11.5 Å². The van der Waals surface area contributed by atoms with Crippen LogP contribution in [0.2, 0.25) is 5.02 Å². The van der Waals surface area contributed by atoms with Gasteiger partial charge in [0, 0.05) is 12.1 Å². The van der Waals surface area contributed by atoms with Crippen LogP contribution in [0.4, 0.5) is 10.1 Å². The van der Waals surface area contributed by atoms with Crippen LogP contribution in [0.15, 0.2) is 36.4 Å². The van der Waals surface area contributed by atoms with E-state index in [0.717, 1.165) is 17.1 Å². The predicted octanol–water partition coefficient (Wildman–Crippen LogP) is 3.86. The molecule has 0 saturated heterocycles. The Morgan fingerprint density at radius 3 is 2.90 bits per heavy atom. The number of para-hydroxylation sites is 1. The van der Waals surface area contributed by atoms with Gasteiger partial charge in [-0.25, -0.2) is 4.39 Å². The summed E-state index contributed by atoms with van der Waals surface area (Å²) in [5, 5.41) is 3.59. The molecule has 0 aliphatic carbocycles. The predicted molar refractivity (Wildman–Crippen MR) is 76.2 cm³/mol. The third-order valence-electron chi connectivity index (χ3n) is 3.05. The van der Waals surface area contributed by atoms with Gasteiger partial charge in [0.1, 0.15) is 19.0 Å². The molecule has 1 aliphatic heterocycles. The summed E-state index contributed by atoms with van der Waals surface area (Å²) in [7, 11) is 0. The molecule has 3 nitrogen and oxygen atoms in total. The highest BCUT2D eigenvalue weighted by molar-refractivity contribution is 6.33. The molecule has 5 heteroatoms. The summed E-state index contributed by atoms with van der Waals surface area (Å²) in [6.07, 6.45) is 0. The molecule has 2 aromatic carbocycles. The number of benzene rings is 2. The quantitative estimate of drug-likeness (QED) is 0.932. The Labute approximate surface area is 121 Å². The summed E-state index contributed by atoms with van der Waals surface area (Å²) in [4.78, 5) is 0. The molecule has 0 unspecified atom stereocenters. The van der Waals surface area contributed by atoms with E-state index < -0.39 is 0 Å². The van der Waals surface area contributed by atoms with Gasteiger partial charge in [0.15, 0.2) is 11.5 Å². The number of halogens is 2. The average molecular weight is 294 g/mol. The van der Waals surface area contributed by atoms with E-state index in [4.69, 9.17) is 21.1 Å². The van der Waals surface area contributed by atoms with Gasteiger partial charge in [0.2, 0.25) is 0 Å². The number of hydrogen-bond donors (Lipinski definition) is 1. The number of nitrogens with one attached hydrogen (secondary N) is 1. The normalized spacial score (nSPS) is 13.1. The zero-order valence-electron chi connectivity index (χ0n) is 10.7. The standard InChI is InChI=1S/C15H13ClFNO2/c16-12-5-4-11(17)8-13(12)18-9-10-2-1-3-14-15(10)20-7-6-19-14/h1-5,8,18H,6-7,9H2. The minimum atomic E-state index is -0.327. The van der Waals surface area contributed by atoms with Gasteiger partial charge in [0.05, 0.1) is 10.7 Å². The van der Waals surface area contributed by atoms with Crippen LogP contribution in [-0.2, 0) is 6.54 Å². The molecule has 0 atom stereocenters. The van der Waals surface area contributed by atoms with E-state index >= 15 is 0 Å². The highest BCUT2D eigenvalue weighted by Gasteiger charge is 2.15. The Morgan fingerprint density at radius 1 is 1.15 bits per heavy atom. The van der Waals surface area contributed by atoms with E-state index in [1.165, 1.54) is 18.2 Å². The lowest BCUT2D eigenvalue weighted by Crippen LogP contribution is -2.17. The van der Waals surface area contributed by atoms with Gasteiger partial charge in [-0.15, -0.1) is 0 Å². The van der Waals surface area contributed by atoms with Crippen LogP contribution in [0.1, 0.15) is 5.56 Å². The van der Waals surface area contributed by atoms with Crippen molar-refractivity contribution in [3.63, 3.8) is 0 Å². The van der Waals surface area contributed by atoms with Crippen molar-refractivity contribution in [1.29, 1.82) is 0 Å². The zero-order chi connectivity index (χ0) is 13.9. The van der Waals surface area contributed by atoms with Crippen LogP contribution in [0, 0.1) is 5.82 Å². The molecule has 0 amide bonds. The second-order valence-corrected chi connectivity index (χ2v) is 4.83. The van der Waals surface area contributed by atoms with Gasteiger partial charge in [-0.3, -0.25) is 0 Å². The van der Waals surface area contributed by atoms with Gasteiger partial charge in [-0.1, -0.05) is 23.7 Å². The topological polar surface area (TPSA) is 30.5 Å². The fourth-order valence-corrected chi connectivity index (χ4v) is 2.28. The van der Waals surface area contributed by atoms with Crippen LogP contribution >= 0.6 is 11.6 Å². The largest absolute Gasteiger partial charge is 0.486 e. The van der Waals surface area contributed by atoms with E-state index in [0.29, 0.717) is 30.5 Å². The van der Waals surface area contributed by atoms with E-state index in [9.17, 15) is 4.39 Å². The molecular formula is C15H13ClFNO2. The molecule has 1 aliphatic rings. The Balaban J connectivity index is 1.80. The third-order valence-corrected chi connectivity index (χ3v) is 3.38. The maximum Gasteiger partial charge on any atom is 0.166 e. The minimum absolute atomic E-state index is 0.327. The molecule has 0 radical (unpaired) electrons. The Morgan fingerprint density at radius 2 is 2.00 bits per heavy atom. The smallest absolute Gasteiger partial charge is 0.166 e. The summed E-state index contributed by atoms with van der Waals surface area (Å²) < 4.78 is 24.3. The van der Waals surface area contributed by atoms with Crippen molar-refractivity contribution in [1.82, 2.24) is 0 Å². The lowest BCUT2D eigenvalue weighted by molar-refractivity contribution is 0.170. The fourth-order valence-electron chi connectivity index (χ4n) is 2.10. The molecule has 20 heavy (non-hydrogen) atoms. The summed E-state index contributed by atoms with van der Waals surface area (Å²) >= 11 is 6.02. The molecular weight excluding hydrogens is 281 g/mol. The SMILES string of the molecule is Fc1ccc(Cl)c(NCc2cccc3c2OCCO3)c1. The zero-order valence-corrected chi connectivity index (χ0v) is 11.4. The average Bonchev–Trinajstić information content (AvgIpc) is 2.48. The van der Waals surface area contributed by atoms with Crippen LogP contribution in [-0.4, -0.2) is 13.2 Å². The maximum atomic E-state index is 13.2. The summed E-state index contributed by atoms with van der Waals surface area (Å²) in [5.74, 6) is 1.14. The van der Waals surface area contributed by atoms with Gasteiger partial charge >= 0.3 is 0 Å². The first-order chi connectivity index (χ1) is 9.74. The molecule has 1 heterocycles. The lowest BCUT2D eigenvalue weighted by Gasteiger charge is -2.21. The fraction of sp³-hybridized carbons (Fsp3) is 0.200. The minimum Gasteiger partial charge on any atom is -0.486 e. The van der Waals surface area contributed by atoms with E-state index in [2.05, 4.69) is 5.32 Å². The monoisotopic (exact) mass is 293 g/mol. The van der Waals surface area contributed by atoms with Crippen molar-refractivity contribution < 1.29 is 13.9 Å². The number of anilines is 1. The van der Waals surface area contributed by atoms with Crippen LogP contribution in [0.3, 0.4) is 0 Å². The molecule has 0 saturated carbocycles. The molecule has 0 spiro atoms. The first-order valence-electron chi connectivity index (χ1n) is 6.30. The summed E-state index contributed by atoms with van der Waals surface area (Å²) in [5.41, 5.74) is 1.50. The van der Waals surface area contributed by atoms with Crippen molar-refractivity contribution in [2.45, 2.75) is 6.54 Å². The molecule has 2 aromatic rings. The molecule has 0 fully saturated rings. The Bertz CT molecular complexity index is 633. The van der Waals surface area contributed by atoms with Crippen molar-refractivity contribution >= 4 is 17.3 Å². The van der Waals surface area contributed by atoms with Crippen molar-refractivity contribution in [2.24, 2.45) is 0 Å². The van der Waals surface area contributed by atoms with Gasteiger partial charge < -0.3 is 14.8 Å². The van der Waals surface area contributed by atoms with Crippen molar-refractivity contribution in [3.05, 3.63) is 52.8 Å². The highest BCUT2D eigenvalue weighted by atomic mass is 35.5. The first-order valence-corrected chi connectivity index (χ1v) is 6.68. The van der Waals surface area contributed by atoms with E-state index in [1.807, 2.05) is 18.2 Å². The summed E-state index contributed by atoms with van der Waals surface area (Å²) in [6.45, 7) is 1.57. The molecule has 3 rings (SSSR count). The van der Waals surface area contributed by atoms with Crippen molar-refractivity contribution in [3.8, 4) is 11.5 Å². The van der Waals surface area contributed by atoms with Gasteiger partial charge in [0.25, 0.3) is 0 Å². The molecule has 0 bridgehead atoms. The van der Waals surface area contributed by atoms with Crippen LogP contribution < -0.4 is 14.8 Å². The molecule has 104 valence electrons. The third kappa shape index (κ3) is 2.65. The number of ether oxygens (including phenoxy) is 2. The van der Waals surface area contributed by atoms with Gasteiger partial charge in [-0.2, -0.15) is 0 Å².